The third-order valence-corrected chi connectivity index (χ3v) is 7.76. The molecular formula is C30H23BrClNO4S. The second-order valence-electron chi connectivity index (χ2n) is 8.58. The number of amides is 2. The van der Waals surface area contributed by atoms with Gasteiger partial charge in [-0.05, 0) is 92.4 Å². The zero-order valence-corrected chi connectivity index (χ0v) is 23.6. The molecule has 1 aliphatic rings. The third-order valence-electron chi connectivity index (χ3n) is 6.01. The topological polar surface area (TPSA) is 55.8 Å². The molecule has 4 aromatic rings. The van der Waals surface area contributed by atoms with E-state index < -0.39 is 0 Å². The Balaban J connectivity index is 1.38. The maximum absolute atomic E-state index is 13.2. The molecule has 1 fully saturated rings. The Kier molecular flexibility index (Phi) is 8.07. The zero-order valence-electron chi connectivity index (χ0n) is 20.4. The Morgan fingerprint density at radius 1 is 0.974 bits per heavy atom. The number of hydrogen-bond acceptors (Lipinski definition) is 5. The van der Waals surface area contributed by atoms with Crippen molar-refractivity contribution in [1.29, 1.82) is 0 Å². The number of rotatable bonds is 8. The van der Waals surface area contributed by atoms with E-state index in [1.807, 2.05) is 85.8 Å². The Hall–Kier alpha value is -3.26. The fourth-order valence-electron chi connectivity index (χ4n) is 4.20. The first-order valence-corrected chi connectivity index (χ1v) is 14.0. The van der Waals surface area contributed by atoms with Gasteiger partial charge in [0.1, 0.15) is 6.61 Å². The summed E-state index contributed by atoms with van der Waals surface area (Å²) in [6.07, 6.45) is 1.71. The molecule has 2 amide bonds. The minimum absolute atomic E-state index is 0.217. The van der Waals surface area contributed by atoms with E-state index in [2.05, 4.69) is 15.9 Å². The van der Waals surface area contributed by atoms with Gasteiger partial charge >= 0.3 is 0 Å². The summed E-state index contributed by atoms with van der Waals surface area (Å²) in [6, 6.07) is 24.9. The van der Waals surface area contributed by atoms with E-state index >= 15 is 0 Å². The van der Waals surface area contributed by atoms with E-state index in [-0.39, 0.29) is 17.7 Å². The van der Waals surface area contributed by atoms with Crippen LogP contribution in [0.15, 0.2) is 88.2 Å². The van der Waals surface area contributed by atoms with Crippen LogP contribution in [-0.2, 0) is 17.9 Å². The minimum Gasteiger partial charge on any atom is -0.490 e. The first-order chi connectivity index (χ1) is 18.4. The van der Waals surface area contributed by atoms with Gasteiger partial charge in [-0.15, -0.1) is 0 Å². The maximum Gasteiger partial charge on any atom is 0.293 e. The molecule has 0 spiro atoms. The van der Waals surface area contributed by atoms with Crippen LogP contribution in [0, 0.1) is 0 Å². The van der Waals surface area contributed by atoms with Crippen LogP contribution in [0.3, 0.4) is 0 Å². The number of fused-ring (bicyclic) bond motifs is 1. The average Bonchev–Trinajstić information content (AvgIpc) is 3.17. The van der Waals surface area contributed by atoms with Crippen LogP contribution in [-0.4, -0.2) is 22.7 Å². The van der Waals surface area contributed by atoms with Crippen molar-refractivity contribution in [2.75, 3.05) is 6.61 Å². The van der Waals surface area contributed by atoms with Crippen LogP contribution in [0.2, 0.25) is 5.02 Å². The second kappa shape index (κ2) is 11.6. The van der Waals surface area contributed by atoms with Gasteiger partial charge in [0.05, 0.1) is 22.5 Å². The molecular weight excluding hydrogens is 586 g/mol. The van der Waals surface area contributed by atoms with Crippen molar-refractivity contribution >= 4 is 67.3 Å². The van der Waals surface area contributed by atoms with Crippen molar-refractivity contribution < 1.29 is 19.1 Å². The summed E-state index contributed by atoms with van der Waals surface area (Å²) in [7, 11) is 0. The van der Waals surface area contributed by atoms with E-state index in [4.69, 9.17) is 21.1 Å². The lowest BCUT2D eigenvalue weighted by Gasteiger charge is -2.15. The van der Waals surface area contributed by atoms with Crippen LogP contribution in [0.1, 0.15) is 23.6 Å². The van der Waals surface area contributed by atoms with Crippen molar-refractivity contribution in [3.8, 4) is 11.5 Å². The maximum atomic E-state index is 13.2. The van der Waals surface area contributed by atoms with Gasteiger partial charge in [-0.3, -0.25) is 14.5 Å². The van der Waals surface area contributed by atoms with E-state index in [1.54, 1.807) is 6.08 Å². The predicted molar refractivity (Wildman–Crippen MR) is 157 cm³/mol. The highest BCUT2D eigenvalue weighted by Crippen LogP contribution is 2.40. The van der Waals surface area contributed by atoms with E-state index in [1.165, 1.54) is 4.90 Å². The van der Waals surface area contributed by atoms with Gasteiger partial charge in [-0.1, -0.05) is 66.2 Å². The summed E-state index contributed by atoms with van der Waals surface area (Å²) in [6.45, 7) is 2.88. The SMILES string of the molecule is CCOc1cc(/C=C2\SC(=O)N(Cc3cccc4ccccc34)C2=O)cc(Br)c1OCc1ccc(Cl)cc1. The number of ether oxygens (including phenoxy) is 2. The highest BCUT2D eigenvalue weighted by atomic mass is 79.9. The number of benzene rings is 4. The predicted octanol–water partition coefficient (Wildman–Crippen LogP) is 8.47. The van der Waals surface area contributed by atoms with Gasteiger partial charge in [0, 0.05) is 5.02 Å². The van der Waals surface area contributed by atoms with Gasteiger partial charge in [-0.25, -0.2) is 0 Å². The molecule has 0 aromatic heterocycles. The second-order valence-corrected chi connectivity index (χ2v) is 10.9. The molecule has 0 atom stereocenters. The number of carbonyl (C=O) groups excluding carboxylic acids is 2. The molecule has 192 valence electrons. The van der Waals surface area contributed by atoms with E-state index in [0.717, 1.165) is 39.2 Å². The number of nitrogens with zero attached hydrogens (tertiary/aromatic N) is 1. The van der Waals surface area contributed by atoms with Crippen LogP contribution >= 0.6 is 39.3 Å². The summed E-state index contributed by atoms with van der Waals surface area (Å²) >= 11 is 10.5. The van der Waals surface area contributed by atoms with Gasteiger partial charge < -0.3 is 9.47 Å². The number of imide groups is 1. The first kappa shape index (κ1) is 26.4. The number of hydrogen-bond donors (Lipinski definition) is 0. The van der Waals surface area contributed by atoms with Crippen LogP contribution in [0.4, 0.5) is 4.79 Å². The summed E-state index contributed by atoms with van der Waals surface area (Å²) < 4.78 is 12.6. The molecule has 0 saturated carbocycles. The highest BCUT2D eigenvalue weighted by molar-refractivity contribution is 9.10. The molecule has 0 unspecified atom stereocenters. The minimum atomic E-state index is -0.315. The van der Waals surface area contributed by atoms with Gasteiger partial charge in [0.25, 0.3) is 11.1 Å². The summed E-state index contributed by atoms with van der Waals surface area (Å²) in [5.74, 6) is 0.783. The molecule has 5 rings (SSSR count). The van der Waals surface area contributed by atoms with E-state index in [0.29, 0.717) is 39.1 Å². The lowest BCUT2D eigenvalue weighted by molar-refractivity contribution is -0.123. The molecule has 4 aromatic carbocycles. The van der Waals surface area contributed by atoms with Crippen molar-refractivity contribution in [2.24, 2.45) is 0 Å². The van der Waals surface area contributed by atoms with Crippen molar-refractivity contribution in [1.82, 2.24) is 4.90 Å². The van der Waals surface area contributed by atoms with Crippen LogP contribution in [0.25, 0.3) is 16.8 Å². The van der Waals surface area contributed by atoms with Crippen molar-refractivity contribution in [3.05, 3.63) is 110 Å². The monoisotopic (exact) mass is 607 g/mol. The molecule has 1 saturated heterocycles. The quantitative estimate of drug-likeness (QED) is 0.188. The Morgan fingerprint density at radius 2 is 1.74 bits per heavy atom. The molecule has 38 heavy (non-hydrogen) atoms. The molecule has 1 aliphatic heterocycles. The third kappa shape index (κ3) is 5.75. The smallest absolute Gasteiger partial charge is 0.293 e. The molecule has 0 N–H and O–H groups in total. The van der Waals surface area contributed by atoms with Crippen molar-refractivity contribution in [3.63, 3.8) is 0 Å². The van der Waals surface area contributed by atoms with Crippen LogP contribution in [0.5, 0.6) is 11.5 Å². The molecule has 0 radical (unpaired) electrons. The molecule has 0 aliphatic carbocycles. The fourth-order valence-corrected chi connectivity index (χ4v) is 5.74. The van der Waals surface area contributed by atoms with Gasteiger partial charge in [0.2, 0.25) is 0 Å². The van der Waals surface area contributed by atoms with Crippen molar-refractivity contribution in [2.45, 2.75) is 20.1 Å². The highest BCUT2D eigenvalue weighted by Gasteiger charge is 2.35. The number of halogens is 2. The van der Waals surface area contributed by atoms with Crippen LogP contribution < -0.4 is 9.47 Å². The normalized spacial score (nSPS) is 14.5. The summed E-state index contributed by atoms with van der Waals surface area (Å²) in [5, 5.41) is 2.47. The van der Waals surface area contributed by atoms with Gasteiger partial charge in [0.15, 0.2) is 11.5 Å². The Labute approximate surface area is 238 Å². The molecule has 8 heteroatoms. The molecule has 5 nitrogen and oxygen atoms in total. The zero-order chi connectivity index (χ0) is 26.6. The average molecular weight is 609 g/mol. The number of carbonyl (C=O) groups is 2. The Morgan fingerprint density at radius 3 is 2.53 bits per heavy atom. The molecule has 1 heterocycles. The number of thioether (sulfide) groups is 1. The summed E-state index contributed by atoms with van der Waals surface area (Å²) in [5.41, 5.74) is 2.61. The standard InChI is InChI=1S/C30H23BrClNO4S/c1-2-36-26-15-20(14-25(31)28(26)37-18-19-10-12-23(32)13-11-19)16-27-29(34)33(30(35)38-27)17-22-8-5-7-21-6-3-4-9-24(21)22/h3-16H,2,17-18H2,1H3/b27-16-. The molecule has 0 bridgehead atoms. The summed E-state index contributed by atoms with van der Waals surface area (Å²) in [4.78, 5) is 27.7. The largest absolute Gasteiger partial charge is 0.490 e. The fraction of sp³-hybridized carbons (Fsp3) is 0.133. The lowest BCUT2D eigenvalue weighted by Crippen LogP contribution is -2.27. The Bertz CT molecular complexity index is 1550. The van der Waals surface area contributed by atoms with Gasteiger partial charge in [-0.2, -0.15) is 0 Å². The lowest BCUT2D eigenvalue weighted by atomic mass is 10.0. The first-order valence-electron chi connectivity index (χ1n) is 12.0. The van der Waals surface area contributed by atoms with E-state index in [9.17, 15) is 9.59 Å².